The van der Waals surface area contributed by atoms with E-state index in [1.54, 1.807) is 24.3 Å². The number of hydrogen-bond donors (Lipinski definition) is 1. The van der Waals surface area contributed by atoms with Crippen molar-refractivity contribution in [2.45, 2.75) is 25.6 Å². The van der Waals surface area contributed by atoms with Crippen LogP contribution in [0.3, 0.4) is 0 Å². The summed E-state index contributed by atoms with van der Waals surface area (Å²) in [6.45, 7) is -1.23. The van der Waals surface area contributed by atoms with Gasteiger partial charge in [-0.25, -0.2) is 4.98 Å². The molecule has 0 saturated heterocycles. The Morgan fingerprint density at radius 1 is 1.20 bits per heavy atom. The maximum Gasteiger partial charge on any atom is 0.422 e. The van der Waals surface area contributed by atoms with Crippen molar-refractivity contribution < 1.29 is 22.7 Å². The van der Waals surface area contributed by atoms with Crippen molar-refractivity contribution in [1.29, 1.82) is 0 Å². The van der Waals surface area contributed by atoms with E-state index in [1.165, 1.54) is 29.1 Å². The van der Waals surface area contributed by atoms with Gasteiger partial charge in [0.15, 0.2) is 6.61 Å². The van der Waals surface area contributed by atoms with Crippen LogP contribution in [0.1, 0.15) is 12.8 Å². The molecule has 0 unspecified atom stereocenters. The van der Waals surface area contributed by atoms with Gasteiger partial charge in [0.05, 0.1) is 22.9 Å². The normalized spacial score (nSPS) is 11.5. The van der Waals surface area contributed by atoms with Crippen LogP contribution in [0.25, 0.3) is 10.9 Å². The average Bonchev–Trinajstić information content (AvgIpc) is 2.68. The molecule has 0 fully saturated rings. The van der Waals surface area contributed by atoms with E-state index < -0.39 is 18.7 Å². The predicted octanol–water partition coefficient (Wildman–Crippen LogP) is 4.41. The van der Waals surface area contributed by atoms with Crippen molar-refractivity contribution in [3.63, 3.8) is 0 Å². The first-order chi connectivity index (χ1) is 14.2. The van der Waals surface area contributed by atoms with Crippen molar-refractivity contribution in [3.8, 4) is 5.75 Å². The standard InChI is InChI=1S/C20H17ClF3N3O3/c21-13-7-8-17(30-11-20(22,23)24)16(10-13)26-18(28)6-3-9-27-12-25-15-5-2-1-4-14(15)19(27)29/h1-2,4-5,7-8,10,12H,3,6,9,11H2,(H,26,28). The van der Waals surface area contributed by atoms with Gasteiger partial charge in [-0.1, -0.05) is 23.7 Å². The molecule has 1 heterocycles. The van der Waals surface area contributed by atoms with Gasteiger partial charge in [0, 0.05) is 18.0 Å². The lowest BCUT2D eigenvalue weighted by molar-refractivity contribution is -0.153. The summed E-state index contributed by atoms with van der Waals surface area (Å²) in [7, 11) is 0. The number of hydrogen-bond acceptors (Lipinski definition) is 4. The quantitative estimate of drug-likeness (QED) is 0.592. The summed E-state index contributed by atoms with van der Waals surface area (Å²) in [5.74, 6) is -0.587. The van der Waals surface area contributed by atoms with Gasteiger partial charge in [-0.3, -0.25) is 14.2 Å². The Morgan fingerprint density at radius 2 is 1.97 bits per heavy atom. The summed E-state index contributed by atoms with van der Waals surface area (Å²) in [5, 5.41) is 3.22. The molecule has 0 radical (unpaired) electrons. The first kappa shape index (κ1) is 21.6. The fourth-order valence-electron chi connectivity index (χ4n) is 2.77. The van der Waals surface area contributed by atoms with Gasteiger partial charge in [0.2, 0.25) is 5.91 Å². The Bertz CT molecular complexity index is 1120. The zero-order valence-electron chi connectivity index (χ0n) is 15.6. The molecule has 158 valence electrons. The number of fused-ring (bicyclic) bond motifs is 1. The molecule has 2 aromatic carbocycles. The van der Waals surface area contributed by atoms with Crippen molar-refractivity contribution in [1.82, 2.24) is 9.55 Å². The van der Waals surface area contributed by atoms with Crippen LogP contribution in [-0.2, 0) is 11.3 Å². The lowest BCUT2D eigenvalue weighted by Crippen LogP contribution is -2.22. The number of amides is 1. The monoisotopic (exact) mass is 439 g/mol. The largest absolute Gasteiger partial charge is 0.482 e. The number of ether oxygens (including phenoxy) is 1. The summed E-state index contributed by atoms with van der Waals surface area (Å²) in [6.07, 6.45) is -2.74. The first-order valence-corrected chi connectivity index (χ1v) is 9.34. The van der Waals surface area contributed by atoms with E-state index in [0.717, 1.165) is 0 Å². The molecule has 0 aliphatic rings. The zero-order chi connectivity index (χ0) is 21.7. The number of nitrogens with zero attached hydrogens (tertiary/aromatic N) is 2. The number of anilines is 1. The molecular weight excluding hydrogens is 423 g/mol. The number of rotatable bonds is 7. The lowest BCUT2D eigenvalue weighted by atomic mass is 10.2. The van der Waals surface area contributed by atoms with Crippen LogP contribution < -0.4 is 15.6 Å². The Hall–Kier alpha value is -3.07. The van der Waals surface area contributed by atoms with Gasteiger partial charge in [-0.2, -0.15) is 13.2 Å². The molecule has 0 bridgehead atoms. The number of alkyl halides is 3. The Labute approximate surface area is 174 Å². The van der Waals surface area contributed by atoms with Crippen molar-refractivity contribution in [2.75, 3.05) is 11.9 Å². The topological polar surface area (TPSA) is 73.2 Å². The highest BCUT2D eigenvalue weighted by Gasteiger charge is 2.29. The number of para-hydroxylation sites is 1. The van der Waals surface area contributed by atoms with Crippen LogP contribution in [0.4, 0.5) is 18.9 Å². The Kier molecular flexibility index (Phi) is 6.61. The number of aromatic nitrogens is 2. The van der Waals surface area contributed by atoms with E-state index in [2.05, 4.69) is 10.3 Å². The molecule has 6 nitrogen and oxygen atoms in total. The van der Waals surface area contributed by atoms with E-state index >= 15 is 0 Å². The third-order valence-corrected chi connectivity index (χ3v) is 4.38. The highest BCUT2D eigenvalue weighted by atomic mass is 35.5. The van der Waals surface area contributed by atoms with E-state index in [-0.39, 0.29) is 35.0 Å². The number of nitrogens with one attached hydrogen (secondary N) is 1. The molecule has 0 aliphatic heterocycles. The van der Waals surface area contributed by atoms with E-state index in [1.807, 2.05) is 0 Å². The van der Waals surface area contributed by atoms with Gasteiger partial charge in [-0.05, 0) is 36.8 Å². The van der Waals surface area contributed by atoms with Crippen LogP contribution in [-0.4, -0.2) is 28.2 Å². The molecule has 1 N–H and O–H groups in total. The van der Waals surface area contributed by atoms with E-state index in [0.29, 0.717) is 17.3 Å². The molecule has 0 atom stereocenters. The fraction of sp³-hybridized carbons (Fsp3) is 0.250. The van der Waals surface area contributed by atoms with Gasteiger partial charge < -0.3 is 10.1 Å². The molecule has 1 amide bonds. The molecule has 0 saturated carbocycles. The number of benzene rings is 2. The first-order valence-electron chi connectivity index (χ1n) is 8.96. The minimum atomic E-state index is -4.51. The number of halogens is 4. The number of aryl methyl sites for hydroxylation is 1. The van der Waals surface area contributed by atoms with Crippen molar-refractivity contribution >= 4 is 34.1 Å². The third kappa shape index (κ3) is 5.73. The van der Waals surface area contributed by atoms with Crippen LogP contribution in [0.2, 0.25) is 5.02 Å². The third-order valence-electron chi connectivity index (χ3n) is 4.14. The second kappa shape index (κ2) is 9.17. The second-order valence-electron chi connectivity index (χ2n) is 6.46. The molecule has 1 aromatic heterocycles. The zero-order valence-corrected chi connectivity index (χ0v) is 16.3. The van der Waals surface area contributed by atoms with Gasteiger partial charge in [0.25, 0.3) is 5.56 Å². The SMILES string of the molecule is O=C(CCCn1cnc2ccccc2c1=O)Nc1cc(Cl)ccc1OCC(F)(F)F. The second-order valence-corrected chi connectivity index (χ2v) is 6.89. The Morgan fingerprint density at radius 3 is 2.73 bits per heavy atom. The summed E-state index contributed by atoms with van der Waals surface area (Å²) in [5.41, 5.74) is 0.420. The molecule has 10 heteroatoms. The van der Waals surface area contributed by atoms with Crippen molar-refractivity contribution in [2.24, 2.45) is 0 Å². The predicted molar refractivity (Wildman–Crippen MR) is 107 cm³/mol. The number of carbonyl (C=O) groups is 1. The van der Waals surface area contributed by atoms with Gasteiger partial charge >= 0.3 is 6.18 Å². The molecule has 3 rings (SSSR count). The van der Waals surface area contributed by atoms with Crippen LogP contribution in [0, 0.1) is 0 Å². The summed E-state index contributed by atoms with van der Waals surface area (Å²) >= 11 is 5.87. The molecule has 30 heavy (non-hydrogen) atoms. The van der Waals surface area contributed by atoms with Crippen LogP contribution in [0.5, 0.6) is 5.75 Å². The van der Waals surface area contributed by atoms with Crippen LogP contribution >= 0.6 is 11.6 Å². The van der Waals surface area contributed by atoms with Gasteiger partial charge in [-0.15, -0.1) is 0 Å². The molecular formula is C20H17ClF3N3O3. The summed E-state index contributed by atoms with van der Waals surface area (Å²) < 4.78 is 43.3. The molecule has 0 spiro atoms. The van der Waals surface area contributed by atoms with E-state index in [4.69, 9.17) is 16.3 Å². The molecule has 3 aromatic rings. The summed E-state index contributed by atoms with van der Waals surface area (Å²) in [4.78, 5) is 28.9. The number of carbonyl (C=O) groups excluding carboxylic acids is 1. The fourth-order valence-corrected chi connectivity index (χ4v) is 2.95. The minimum Gasteiger partial charge on any atom is -0.482 e. The van der Waals surface area contributed by atoms with E-state index in [9.17, 15) is 22.8 Å². The van der Waals surface area contributed by atoms with Gasteiger partial charge in [0.1, 0.15) is 5.75 Å². The maximum absolute atomic E-state index is 12.4. The van der Waals surface area contributed by atoms with Crippen molar-refractivity contribution in [3.05, 3.63) is 64.2 Å². The highest BCUT2D eigenvalue weighted by molar-refractivity contribution is 6.31. The minimum absolute atomic E-state index is 0.0322. The average molecular weight is 440 g/mol. The van der Waals surface area contributed by atoms with Crippen LogP contribution in [0.15, 0.2) is 53.6 Å². The lowest BCUT2D eigenvalue weighted by Gasteiger charge is -2.14. The smallest absolute Gasteiger partial charge is 0.422 e. The highest BCUT2D eigenvalue weighted by Crippen LogP contribution is 2.30. The summed E-state index contributed by atoms with van der Waals surface area (Å²) in [6, 6.07) is 10.9. The Balaban J connectivity index is 1.61. The maximum atomic E-state index is 12.4. The molecule has 0 aliphatic carbocycles.